The van der Waals surface area contributed by atoms with E-state index in [9.17, 15) is 13.6 Å². The Morgan fingerprint density at radius 2 is 2.00 bits per heavy atom. The van der Waals surface area contributed by atoms with Crippen LogP contribution in [0.4, 0.5) is 20.2 Å². The summed E-state index contributed by atoms with van der Waals surface area (Å²) in [5.74, 6) is -0.407. The minimum Gasteiger partial charge on any atom is -0.420 e. The summed E-state index contributed by atoms with van der Waals surface area (Å²) in [5, 5.41) is 2.79. The van der Waals surface area contributed by atoms with Crippen LogP contribution in [0.15, 0.2) is 42.5 Å². The fourth-order valence-corrected chi connectivity index (χ4v) is 5.65. The number of fused-ring (bicyclic) bond motifs is 1. The molecule has 2 aliphatic rings. The summed E-state index contributed by atoms with van der Waals surface area (Å²) < 4.78 is 41.7. The van der Waals surface area contributed by atoms with Crippen molar-refractivity contribution in [2.45, 2.75) is 61.9 Å². The number of carbonyl (C=O) groups excluding carboxylic acids is 1. The number of nitrogens with one attached hydrogen (secondary N) is 1. The second-order valence-electron chi connectivity index (χ2n) is 8.91. The zero-order chi connectivity index (χ0) is 25.2. The molecule has 4 rings (SSSR count). The highest BCUT2D eigenvalue weighted by Crippen LogP contribution is 2.45. The summed E-state index contributed by atoms with van der Waals surface area (Å²) in [7, 11) is 0. The van der Waals surface area contributed by atoms with Crippen LogP contribution in [-0.4, -0.2) is 42.0 Å². The number of carbonyl (C=O) groups is 1. The number of anilines is 2. The third kappa shape index (κ3) is 6.44. The molecule has 1 fully saturated rings. The van der Waals surface area contributed by atoms with Crippen LogP contribution in [-0.2, 0) is 9.47 Å². The van der Waals surface area contributed by atoms with E-state index in [0.29, 0.717) is 24.5 Å². The van der Waals surface area contributed by atoms with E-state index < -0.39 is 5.57 Å². The topological polar surface area (TPSA) is 60.0 Å². The maximum Gasteiger partial charge on any atom is 0.487 e. The SMILES string of the molecule is CC(C)N1c2ccc(C(=O)Nc3ccc(OC(F)(F)Cl)cc3)cc2C(COC2CCCCO2)C1Br. The molecule has 2 aromatic rings. The lowest BCUT2D eigenvalue weighted by Crippen LogP contribution is -2.36. The van der Waals surface area contributed by atoms with Crippen LogP contribution in [0.25, 0.3) is 0 Å². The Hall–Kier alpha value is -1.94. The second kappa shape index (κ2) is 11.0. The van der Waals surface area contributed by atoms with E-state index in [-0.39, 0.29) is 34.9 Å². The van der Waals surface area contributed by atoms with E-state index in [2.05, 4.69) is 44.7 Å². The monoisotopic (exact) mass is 572 g/mol. The molecule has 2 aromatic carbocycles. The van der Waals surface area contributed by atoms with Crippen molar-refractivity contribution >= 4 is 44.8 Å². The predicted molar refractivity (Wildman–Crippen MR) is 135 cm³/mol. The molecule has 2 heterocycles. The molecule has 0 radical (unpaired) electrons. The summed E-state index contributed by atoms with van der Waals surface area (Å²) in [6.07, 6.45) is 2.84. The molecule has 35 heavy (non-hydrogen) atoms. The molecule has 3 unspecified atom stereocenters. The molecule has 0 bridgehead atoms. The van der Waals surface area contributed by atoms with Crippen LogP contribution in [0.2, 0.25) is 0 Å². The Labute approximate surface area is 217 Å². The summed E-state index contributed by atoms with van der Waals surface area (Å²) >= 11 is 8.64. The number of halogens is 4. The molecular formula is C25H28BrClF2N2O4. The first-order valence-electron chi connectivity index (χ1n) is 11.6. The Morgan fingerprint density at radius 1 is 1.26 bits per heavy atom. The normalized spacial score (nSPS) is 22.3. The van der Waals surface area contributed by atoms with E-state index in [4.69, 9.17) is 21.1 Å². The van der Waals surface area contributed by atoms with Gasteiger partial charge in [0.2, 0.25) is 0 Å². The molecule has 190 valence electrons. The molecule has 0 saturated carbocycles. The number of hydrogen-bond donors (Lipinski definition) is 1. The molecule has 3 atom stereocenters. The largest absolute Gasteiger partial charge is 0.487 e. The Morgan fingerprint density at radius 3 is 2.63 bits per heavy atom. The fraction of sp³-hybridized carbons (Fsp3) is 0.480. The first kappa shape index (κ1) is 26.1. The van der Waals surface area contributed by atoms with Gasteiger partial charge in [0.05, 0.1) is 11.6 Å². The molecule has 0 spiro atoms. The van der Waals surface area contributed by atoms with Crippen LogP contribution in [0.3, 0.4) is 0 Å². The van der Waals surface area contributed by atoms with Gasteiger partial charge in [0.15, 0.2) is 6.29 Å². The number of benzene rings is 2. The van der Waals surface area contributed by atoms with Crippen molar-refractivity contribution in [1.29, 1.82) is 0 Å². The Bertz CT molecular complexity index is 1030. The lowest BCUT2D eigenvalue weighted by Gasteiger charge is -2.30. The van der Waals surface area contributed by atoms with Crippen molar-refractivity contribution in [2.24, 2.45) is 0 Å². The average molecular weight is 574 g/mol. The van der Waals surface area contributed by atoms with Gasteiger partial charge >= 0.3 is 5.57 Å². The summed E-state index contributed by atoms with van der Waals surface area (Å²) in [4.78, 5) is 15.3. The zero-order valence-corrected chi connectivity index (χ0v) is 21.8. The van der Waals surface area contributed by atoms with Gasteiger partial charge in [-0.2, -0.15) is 0 Å². The van der Waals surface area contributed by atoms with Gasteiger partial charge in [-0.3, -0.25) is 4.79 Å². The molecule has 6 nitrogen and oxygen atoms in total. The van der Waals surface area contributed by atoms with Crippen molar-refractivity contribution in [3.05, 3.63) is 53.6 Å². The van der Waals surface area contributed by atoms with Gasteiger partial charge in [0, 0.05) is 47.1 Å². The van der Waals surface area contributed by atoms with Crippen molar-refractivity contribution < 1.29 is 27.8 Å². The van der Waals surface area contributed by atoms with Crippen molar-refractivity contribution in [2.75, 3.05) is 23.4 Å². The van der Waals surface area contributed by atoms with Crippen LogP contribution in [0, 0.1) is 0 Å². The van der Waals surface area contributed by atoms with E-state index in [1.165, 1.54) is 24.3 Å². The number of nitrogens with zero attached hydrogens (tertiary/aromatic N) is 1. The minimum atomic E-state index is -3.80. The number of alkyl halides is 4. The average Bonchev–Trinajstić information content (AvgIpc) is 3.09. The number of amides is 1. The molecule has 2 aliphatic heterocycles. The first-order valence-corrected chi connectivity index (χ1v) is 12.9. The van der Waals surface area contributed by atoms with Crippen LogP contribution >= 0.6 is 27.5 Å². The summed E-state index contributed by atoms with van der Waals surface area (Å²) in [6.45, 7) is 5.43. The van der Waals surface area contributed by atoms with Gasteiger partial charge in [-0.15, -0.1) is 8.78 Å². The molecule has 1 amide bonds. The molecule has 0 aliphatic carbocycles. The van der Waals surface area contributed by atoms with Gasteiger partial charge in [0.25, 0.3) is 5.91 Å². The van der Waals surface area contributed by atoms with Crippen molar-refractivity contribution in [3.63, 3.8) is 0 Å². The van der Waals surface area contributed by atoms with Crippen molar-refractivity contribution in [1.82, 2.24) is 0 Å². The maximum absolute atomic E-state index is 13.0. The smallest absolute Gasteiger partial charge is 0.420 e. The van der Waals surface area contributed by atoms with E-state index in [0.717, 1.165) is 30.5 Å². The van der Waals surface area contributed by atoms with Crippen LogP contribution in [0.5, 0.6) is 5.75 Å². The van der Waals surface area contributed by atoms with Crippen LogP contribution < -0.4 is 15.0 Å². The third-order valence-electron chi connectivity index (χ3n) is 6.07. The highest BCUT2D eigenvalue weighted by molar-refractivity contribution is 9.09. The number of hydrogen-bond acceptors (Lipinski definition) is 5. The lowest BCUT2D eigenvalue weighted by molar-refractivity contribution is -0.164. The fourth-order valence-electron chi connectivity index (χ4n) is 4.43. The zero-order valence-electron chi connectivity index (χ0n) is 19.5. The predicted octanol–water partition coefficient (Wildman–Crippen LogP) is 6.68. The minimum absolute atomic E-state index is 0.0133. The van der Waals surface area contributed by atoms with Gasteiger partial charge in [-0.25, -0.2) is 0 Å². The van der Waals surface area contributed by atoms with E-state index in [1.807, 2.05) is 12.1 Å². The highest BCUT2D eigenvalue weighted by Gasteiger charge is 2.39. The van der Waals surface area contributed by atoms with Gasteiger partial charge in [0.1, 0.15) is 5.75 Å². The highest BCUT2D eigenvalue weighted by atomic mass is 79.9. The van der Waals surface area contributed by atoms with Crippen LogP contribution in [0.1, 0.15) is 54.9 Å². The van der Waals surface area contributed by atoms with Gasteiger partial charge in [-0.05, 0) is 81.1 Å². The Kier molecular flexibility index (Phi) is 8.20. The Balaban J connectivity index is 1.50. The number of rotatable bonds is 8. The van der Waals surface area contributed by atoms with E-state index in [1.54, 1.807) is 6.07 Å². The lowest BCUT2D eigenvalue weighted by atomic mass is 9.99. The van der Waals surface area contributed by atoms with Gasteiger partial charge in [-0.1, -0.05) is 15.9 Å². The third-order valence-corrected chi connectivity index (χ3v) is 7.22. The maximum atomic E-state index is 13.0. The summed E-state index contributed by atoms with van der Waals surface area (Å²) in [6, 6.07) is 11.4. The number of ether oxygens (including phenoxy) is 3. The molecule has 0 aromatic heterocycles. The summed E-state index contributed by atoms with van der Waals surface area (Å²) in [5.41, 5.74) is -0.787. The quantitative estimate of drug-likeness (QED) is 0.282. The molecule has 10 heteroatoms. The van der Waals surface area contributed by atoms with Gasteiger partial charge < -0.3 is 24.4 Å². The second-order valence-corrected chi connectivity index (χ2v) is 10.3. The van der Waals surface area contributed by atoms with Crippen molar-refractivity contribution in [3.8, 4) is 5.75 Å². The molecule has 1 saturated heterocycles. The standard InChI is InChI=1S/C25H28BrClF2N2O4/c1-15(2)31-21-11-6-16(24(32)30-17-7-9-18(10-8-17)35-25(27,28)29)13-19(21)20(23(31)26)14-34-22-5-3-4-12-33-22/h6-11,13,15,20,22-23H,3-5,12,14H2,1-2H3,(H,30,32). The van der Waals surface area contributed by atoms with E-state index >= 15 is 0 Å². The molecular weight excluding hydrogens is 546 g/mol. The first-order chi connectivity index (χ1) is 16.6. The molecule has 1 N–H and O–H groups in total.